The first-order valence-corrected chi connectivity index (χ1v) is 7.48. The molecule has 0 fully saturated rings. The van der Waals surface area contributed by atoms with E-state index in [0.29, 0.717) is 12.1 Å². The van der Waals surface area contributed by atoms with Crippen LogP contribution in [-0.4, -0.2) is 26.8 Å². The highest BCUT2D eigenvalue weighted by Crippen LogP contribution is 2.23. The van der Waals surface area contributed by atoms with Crippen molar-refractivity contribution in [1.29, 1.82) is 5.26 Å². The van der Waals surface area contributed by atoms with Crippen molar-refractivity contribution in [2.75, 3.05) is 6.61 Å². The Labute approximate surface area is 144 Å². The van der Waals surface area contributed by atoms with Gasteiger partial charge < -0.3 is 19.6 Å². The van der Waals surface area contributed by atoms with Gasteiger partial charge in [0.15, 0.2) is 6.61 Å². The van der Waals surface area contributed by atoms with Crippen LogP contribution in [-0.2, 0) is 18.3 Å². The summed E-state index contributed by atoms with van der Waals surface area (Å²) in [6.45, 7) is 0.490. The second-order valence-electron chi connectivity index (χ2n) is 5.45. The quantitative estimate of drug-likeness (QED) is 0.738. The standard InChI is InChI=1S/C18H15N5O2/c1-22-10-15(21-12-22)11-23-9-14(3-2-6-25-18(20)24)16-5-4-13(8-19)7-17(16)23/h4-5,7,9-10,12H,6,11H2,1H3,(H2,20,24). The fraction of sp³-hybridized carbons (Fsp3) is 0.167. The maximum atomic E-state index is 10.6. The van der Waals surface area contributed by atoms with E-state index in [4.69, 9.17) is 11.0 Å². The molecule has 0 aliphatic carbocycles. The number of primary amides is 1. The third-order valence-corrected chi connectivity index (χ3v) is 3.61. The van der Waals surface area contributed by atoms with Crippen LogP contribution in [0.4, 0.5) is 4.79 Å². The Balaban J connectivity index is 2.00. The highest BCUT2D eigenvalue weighted by molar-refractivity contribution is 5.88. The number of carbonyl (C=O) groups is 1. The van der Waals surface area contributed by atoms with Crippen LogP contribution in [0.25, 0.3) is 10.9 Å². The number of nitrogens with two attached hydrogens (primary N) is 1. The lowest BCUT2D eigenvalue weighted by atomic mass is 10.1. The number of aryl methyl sites for hydroxylation is 1. The van der Waals surface area contributed by atoms with Gasteiger partial charge in [0.2, 0.25) is 0 Å². The third-order valence-electron chi connectivity index (χ3n) is 3.61. The van der Waals surface area contributed by atoms with Crippen LogP contribution in [0.2, 0.25) is 0 Å². The lowest BCUT2D eigenvalue weighted by Gasteiger charge is -2.02. The van der Waals surface area contributed by atoms with E-state index in [0.717, 1.165) is 22.2 Å². The molecular weight excluding hydrogens is 318 g/mol. The number of aromatic nitrogens is 3. The second-order valence-corrected chi connectivity index (χ2v) is 5.45. The average molecular weight is 333 g/mol. The van der Waals surface area contributed by atoms with Gasteiger partial charge >= 0.3 is 6.09 Å². The fourth-order valence-electron chi connectivity index (χ4n) is 2.55. The molecule has 0 bridgehead atoms. The summed E-state index contributed by atoms with van der Waals surface area (Å²) in [5, 5.41) is 10.1. The topological polar surface area (TPSA) is 98.9 Å². The Kier molecular flexibility index (Phi) is 4.40. The van der Waals surface area contributed by atoms with Crippen molar-refractivity contribution >= 4 is 17.0 Å². The molecule has 0 radical (unpaired) electrons. The molecule has 0 atom stereocenters. The average Bonchev–Trinajstić information content (AvgIpc) is 3.15. The van der Waals surface area contributed by atoms with E-state index in [1.165, 1.54) is 0 Å². The Morgan fingerprint density at radius 2 is 2.24 bits per heavy atom. The zero-order chi connectivity index (χ0) is 17.8. The molecule has 0 spiro atoms. The first-order chi connectivity index (χ1) is 12.1. The summed E-state index contributed by atoms with van der Waals surface area (Å²) in [7, 11) is 1.91. The maximum absolute atomic E-state index is 10.6. The molecule has 2 N–H and O–H groups in total. The normalized spacial score (nSPS) is 10.1. The summed E-state index contributed by atoms with van der Waals surface area (Å²) in [6, 6.07) is 7.58. The van der Waals surface area contributed by atoms with Crippen LogP contribution in [0, 0.1) is 23.2 Å². The number of nitrogens with zero attached hydrogens (tertiary/aromatic N) is 4. The molecular formula is C18H15N5O2. The molecule has 0 unspecified atom stereocenters. The van der Waals surface area contributed by atoms with E-state index in [1.807, 2.05) is 40.7 Å². The molecule has 0 aliphatic rings. The van der Waals surface area contributed by atoms with Crippen molar-refractivity contribution < 1.29 is 9.53 Å². The van der Waals surface area contributed by atoms with Gasteiger partial charge in [-0.25, -0.2) is 9.78 Å². The number of amides is 1. The van der Waals surface area contributed by atoms with Gasteiger partial charge in [-0.1, -0.05) is 17.9 Å². The highest BCUT2D eigenvalue weighted by Gasteiger charge is 2.09. The van der Waals surface area contributed by atoms with Gasteiger partial charge in [0.1, 0.15) is 0 Å². The fourth-order valence-corrected chi connectivity index (χ4v) is 2.55. The molecule has 3 rings (SSSR count). The molecule has 124 valence electrons. The summed E-state index contributed by atoms with van der Waals surface area (Å²) in [6.07, 6.45) is 4.72. The molecule has 1 aromatic carbocycles. The van der Waals surface area contributed by atoms with Gasteiger partial charge in [-0.2, -0.15) is 5.26 Å². The zero-order valence-electron chi connectivity index (χ0n) is 13.6. The summed E-state index contributed by atoms with van der Waals surface area (Å²) in [5.41, 5.74) is 8.06. The molecule has 7 nitrogen and oxygen atoms in total. The van der Waals surface area contributed by atoms with Crippen LogP contribution in [0.5, 0.6) is 0 Å². The summed E-state index contributed by atoms with van der Waals surface area (Å²) >= 11 is 0. The van der Waals surface area contributed by atoms with Gasteiger partial charge in [0.05, 0.1) is 41.3 Å². The summed E-state index contributed by atoms with van der Waals surface area (Å²) in [4.78, 5) is 14.9. The molecule has 2 heterocycles. The van der Waals surface area contributed by atoms with Crippen molar-refractivity contribution in [2.45, 2.75) is 6.54 Å². The lowest BCUT2D eigenvalue weighted by molar-refractivity contribution is 0.171. The number of imidazole rings is 1. The highest BCUT2D eigenvalue weighted by atomic mass is 16.5. The van der Waals surface area contributed by atoms with Crippen molar-refractivity contribution in [3.63, 3.8) is 0 Å². The number of hydrogen-bond acceptors (Lipinski definition) is 4. The number of nitriles is 1. The molecule has 0 saturated carbocycles. The summed E-state index contributed by atoms with van der Waals surface area (Å²) in [5.74, 6) is 5.74. The van der Waals surface area contributed by atoms with Gasteiger partial charge in [-0.05, 0) is 12.1 Å². The predicted molar refractivity (Wildman–Crippen MR) is 91.4 cm³/mol. The minimum absolute atomic E-state index is 0.0709. The Morgan fingerprint density at radius 1 is 1.40 bits per heavy atom. The van der Waals surface area contributed by atoms with Gasteiger partial charge in [-0.15, -0.1) is 0 Å². The zero-order valence-corrected chi connectivity index (χ0v) is 13.6. The molecule has 1 amide bonds. The Hall–Kier alpha value is -3.71. The van der Waals surface area contributed by atoms with Crippen LogP contribution in [0.15, 0.2) is 36.9 Å². The number of ether oxygens (including phenoxy) is 1. The number of fused-ring (bicyclic) bond motifs is 1. The van der Waals surface area contributed by atoms with Gasteiger partial charge in [0, 0.05) is 24.8 Å². The van der Waals surface area contributed by atoms with Gasteiger partial charge in [-0.3, -0.25) is 0 Å². The van der Waals surface area contributed by atoms with E-state index >= 15 is 0 Å². The second kappa shape index (κ2) is 6.81. The number of rotatable bonds is 3. The number of benzene rings is 1. The first-order valence-electron chi connectivity index (χ1n) is 7.48. The Bertz CT molecular complexity index is 1040. The SMILES string of the molecule is Cn1cnc(Cn2cc(C#CCOC(N)=O)c3ccc(C#N)cc32)c1. The molecule has 7 heteroatoms. The first kappa shape index (κ1) is 16.2. The largest absolute Gasteiger partial charge is 0.437 e. The van der Waals surface area contributed by atoms with Crippen molar-refractivity contribution in [2.24, 2.45) is 12.8 Å². The van der Waals surface area contributed by atoms with Crippen molar-refractivity contribution in [1.82, 2.24) is 14.1 Å². The monoisotopic (exact) mass is 333 g/mol. The number of hydrogen-bond donors (Lipinski definition) is 1. The lowest BCUT2D eigenvalue weighted by Crippen LogP contribution is -2.12. The minimum Gasteiger partial charge on any atom is -0.437 e. The van der Waals surface area contributed by atoms with Crippen molar-refractivity contribution in [3.05, 3.63) is 53.7 Å². The maximum Gasteiger partial charge on any atom is 0.405 e. The van der Waals surface area contributed by atoms with E-state index in [1.54, 1.807) is 12.4 Å². The third kappa shape index (κ3) is 3.62. The van der Waals surface area contributed by atoms with Crippen molar-refractivity contribution in [3.8, 4) is 17.9 Å². The molecule has 0 aliphatic heterocycles. The predicted octanol–water partition coefficient (Wildman–Crippen LogP) is 1.74. The van der Waals surface area contributed by atoms with Crippen LogP contribution in [0.1, 0.15) is 16.8 Å². The Morgan fingerprint density at radius 3 is 2.92 bits per heavy atom. The smallest absolute Gasteiger partial charge is 0.405 e. The number of carbonyl (C=O) groups excluding carboxylic acids is 1. The van der Waals surface area contributed by atoms with Gasteiger partial charge in [0.25, 0.3) is 0 Å². The summed E-state index contributed by atoms with van der Waals surface area (Å²) < 4.78 is 8.50. The minimum atomic E-state index is -0.856. The molecule has 25 heavy (non-hydrogen) atoms. The van der Waals surface area contributed by atoms with E-state index < -0.39 is 6.09 Å². The molecule has 2 aromatic heterocycles. The molecule has 0 saturated heterocycles. The van der Waals surface area contributed by atoms with Crippen LogP contribution >= 0.6 is 0 Å². The van der Waals surface area contributed by atoms with E-state index in [9.17, 15) is 4.79 Å². The van der Waals surface area contributed by atoms with Crippen LogP contribution < -0.4 is 5.73 Å². The van der Waals surface area contributed by atoms with E-state index in [-0.39, 0.29) is 6.61 Å². The van der Waals surface area contributed by atoms with E-state index in [2.05, 4.69) is 27.6 Å². The molecule has 3 aromatic rings. The van der Waals surface area contributed by atoms with Crippen LogP contribution in [0.3, 0.4) is 0 Å².